The summed E-state index contributed by atoms with van der Waals surface area (Å²) in [5.74, 6) is 1.06. The number of nitrogens with two attached hydrogens (primary N) is 1. The fourth-order valence-corrected chi connectivity index (χ4v) is 4.08. The number of aromatic nitrogens is 1. The standard InChI is InChI=1S/C19H24N4S.HI/c1-13(2)11-21-19(20)22-12-18-23-16-9-8-15(10-17(16)24-18)14-6-4-3-5-7-14;/h3-7,15H,1,8-12H2,2H3,(H3,20,21,22);1H. The zero-order valence-corrected chi connectivity index (χ0v) is 17.6. The SMILES string of the molecule is C=C(C)CNC(N)=NCc1nc2c(s1)CC(c1ccccc1)CC2.I. The molecular formula is C19H25IN4S. The summed E-state index contributed by atoms with van der Waals surface area (Å²) < 4.78 is 0. The average molecular weight is 468 g/mol. The van der Waals surface area contributed by atoms with Crippen LogP contribution in [0.5, 0.6) is 0 Å². The van der Waals surface area contributed by atoms with Crippen LogP contribution in [-0.2, 0) is 19.4 Å². The van der Waals surface area contributed by atoms with E-state index in [2.05, 4.69) is 47.2 Å². The van der Waals surface area contributed by atoms with Crippen LogP contribution in [0.15, 0.2) is 47.5 Å². The minimum absolute atomic E-state index is 0. The second kappa shape index (κ2) is 9.33. The van der Waals surface area contributed by atoms with Gasteiger partial charge in [0.15, 0.2) is 5.96 Å². The van der Waals surface area contributed by atoms with E-state index in [-0.39, 0.29) is 24.0 Å². The Bertz CT molecular complexity index is 739. The topological polar surface area (TPSA) is 63.3 Å². The Balaban J connectivity index is 0.00000225. The molecule has 1 aliphatic carbocycles. The maximum absolute atomic E-state index is 5.86. The number of nitrogens with one attached hydrogen (secondary N) is 1. The summed E-state index contributed by atoms with van der Waals surface area (Å²) in [4.78, 5) is 10.5. The van der Waals surface area contributed by atoms with E-state index in [0.29, 0.717) is 25.0 Å². The molecule has 0 bridgehead atoms. The van der Waals surface area contributed by atoms with Crippen LogP contribution in [0.1, 0.15) is 40.4 Å². The first kappa shape index (κ1) is 19.9. The number of halogens is 1. The number of aryl methyl sites for hydroxylation is 1. The lowest BCUT2D eigenvalue weighted by atomic mass is 9.85. The van der Waals surface area contributed by atoms with Crippen molar-refractivity contribution in [2.24, 2.45) is 10.7 Å². The Kier molecular flexibility index (Phi) is 7.43. The van der Waals surface area contributed by atoms with Gasteiger partial charge in [0.1, 0.15) is 5.01 Å². The van der Waals surface area contributed by atoms with Crippen molar-refractivity contribution < 1.29 is 0 Å². The third kappa shape index (κ3) is 5.54. The zero-order chi connectivity index (χ0) is 16.9. The van der Waals surface area contributed by atoms with Crippen molar-refractivity contribution in [1.82, 2.24) is 10.3 Å². The third-order valence-corrected chi connectivity index (χ3v) is 5.32. The van der Waals surface area contributed by atoms with E-state index in [1.54, 1.807) is 11.3 Å². The van der Waals surface area contributed by atoms with Crippen LogP contribution in [0.2, 0.25) is 0 Å². The van der Waals surface area contributed by atoms with E-state index >= 15 is 0 Å². The fraction of sp³-hybridized carbons (Fsp3) is 0.368. The zero-order valence-electron chi connectivity index (χ0n) is 14.5. The molecule has 0 fully saturated rings. The molecule has 4 nitrogen and oxygen atoms in total. The molecular weight excluding hydrogens is 443 g/mol. The van der Waals surface area contributed by atoms with Gasteiger partial charge in [-0.15, -0.1) is 35.3 Å². The number of rotatable bonds is 5. The molecule has 1 atom stereocenters. The normalized spacial score (nSPS) is 16.7. The Hall–Kier alpha value is -1.41. The molecule has 1 unspecified atom stereocenters. The van der Waals surface area contributed by atoms with Gasteiger partial charge >= 0.3 is 0 Å². The first-order valence-corrected chi connectivity index (χ1v) is 9.14. The summed E-state index contributed by atoms with van der Waals surface area (Å²) in [6, 6.07) is 10.8. The minimum Gasteiger partial charge on any atom is -0.370 e. The number of guanidine groups is 1. The lowest BCUT2D eigenvalue weighted by molar-refractivity contribution is 0.584. The molecule has 6 heteroatoms. The summed E-state index contributed by atoms with van der Waals surface area (Å²) in [6.07, 6.45) is 3.31. The van der Waals surface area contributed by atoms with Crippen molar-refractivity contribution in [3.63, 3.8) is 0 Å². The highest BCUT2D eigenvalue weighted by Crippen LogP contribution is 2.35. The predicted octanol–water partition coefficient (Wildman–Crippen LogP) is 4.01. The monoisotopic (exact) mass is 468 g/mol. The summed E-state index contributed by atoms with van der Waals surface area (Å²) in [5, 5.41) is 4.10. The van der Waals surface area contributed by atoms with E-state index in [4.69, 9.17) is 10.7 Å². The Morgan fingerprint density at radius 1 is 1.40 bits per heavy atom. The molecule has 1 heterocycles. The highest BCUT2D eigenvalue weighted by molar-refractivity contribution is 14.0. The van der Waals surface area contributed by atoms with Crippen LogP contribution in [0.4, 0.5) is 0 Å². The van der Waals surface area contributed by atoms with Gasteiger partial charge in [0.05, 0.1) is 12.2 Å². The number of benzene rings is 1. The van der Waals surface area contributed by atoms with E-state index in [1.165, 1.54) is 22.6 Å². The third-order valence-electron chi connectivity index (χ3n) is 4.21. The Morgan fingerprint density at radius 2 is 2.16 bits per heavy atom. The maximum Gasteiger partial charge on any atom is 0.189 e. The largest absolute Gasteiger partial charge is 0.370 e. The molecule has 134 valence electrons. The number of nitrogens with zero attached hydrogens (tertiary/aromatic N) is 2. The van der Waals surface area contributed by atoms with Crippen LogP contribution < -0.4 is 11.1 Å². The molecule has 2 aromatic rings. The van der Waals surface area contributed by atoms with Gasteiger partial charge in [-0.25, -0.2) is 9.98 Å². The van der Waals surface area contributed by atoms with Crippen LogP contribution in [-0.4, -0.2) is 17.5 Å². The molecule has 3 rings (SSSR count). The number of aliphatic imine (C=N–C) groups is 1. The first-order chi connectivity index (χ1) is 11.6. The number of hydrogen-bond donors (Lipinski definition) is 2. The van der Waals surface area contributed by atoms with Gasteiger partial charge in [-0.2, -0.15) is 0 Å². The van der Waals surface area contributed by atoms with Crippen molar-refractivity contribution in [1.29, 1.82) is 0 Å². The van der Waals surface area contributed by atoms with Crippen LogP contribution in [0, 0.1) is 0 Å². The van der Waals surface area contributed by atoms with Gasteiger partial charge in [-0.3, -0.25) is 0 Å². The molecule has 0 saturated heterocycles. The van der Waals surface area contributed by atoms with Crippen molar-refractivity contribution in [2.45, 2.75) is 38.6 Å². The van der Waals surface area contributed by atoms with E-state index < -0.39 is 0 Å². The van der Waals surface area contributed by atoms with Crippen LogP contribution >= 0.6 is 35.3 Å². The van der Waals surface area contributed by atoms with Gasteiger partial charge in [0, 0.05) is 11.4 Å². The Labute approximate surface area is 170 Å². The van der Waals surface area contributed by atoms with E-state index in [9.17, 15) is 0 Å². The van der Waals surface area contributed by atoms with Crippen molar-refractivity contribution in [2.75, 3.05) is 6.54 Å². The molecule has 3 N–H and O–H groups in total. The Morgan fingerprint density at radius 3 is 2.88 bits per heavy atom. The predicted molar refractivity (Wildman–Crippen MR) is 117 cm³/mol. The molecule has 1 aromatic heterocycles. The molecule has 25 heavy (non-hydrogen) atoms. The quantitative estimate of drug-likeness (QED) is 0.302. The smallest absolute Gasteiger partial charge is 0.189 e. The van der Waals surface area contributed by atoms with E-state index in [0.717, 1.165) is 23.4 Å². The van der Waals surface area contributed by atoms with Gasteiger partial charge in [-0.05, 0) is 37.7 Å². The molecule has 0 saturated carbocycles. The minimum atomic E-state index is 0. The number of thiazole rings is 1. The lowest BCUT2D eigenvalue weighted by Gasteiger charge is -2.21. The molecule has 1 aliphatic rings. The summed E-state index contributed by atoms with van der Waals surface area (Å²) in [5.41, 5.74) is 9.59. The maximum atomic E-state index is 5.86. The average Bonchev–Trinajstić information content (AvgIpc) is 3.01. The second-order valence-electron chi connectivity index (χ2n) is 6.34. The molecule has 0 spiro atoms. The van der Waals surface area contributed by atoms with Crippen molar-refractivity contribution in [3.05, 3.63) is 63.6 Å². The van der Waals surface area contributed by atoms with Gasteiger partial charge in [0.2, 0.25) is 0 Å². The highest BCUT2D eigenvalue weighted by Gasteiger charge is 2.23. The molecule has 0 amide bonds. The fourth-order valence-electron chi connectivity index (χ4n) is 2.96. The summed E-state index contributed by atoms with van der Waals surface area (Å²) >= 11 is 1.78. The number of fused-ring (bicyclic) bond motifs is 1. The number of hydrogen-bond acceptors (Lipinski definition) is 3. The van der Waals surface area contributed by atoms with Gasteiger partial charge < -0.3 is 11.1 Å². The van der Waals surface area contributed by atoms with E-state index in [1.807, 2.05) is 6.92 Å². The molecule has 0 radical (unpaired) electrons. The summed E-state index contributed by atoms with van der Waals surface area (Å²) in [6.45, 7) is 6.99. The summed E-state index contributed by atoms with van der Waals surface area (Å²) in [7, 11) is 0. The highest BCUT2D eigenvalue weighted by atomic mass is 127. The molecule has 0 aliphatic heterocycles. The molecule has 1 aromatic carbocycles. The van der Waals surface area contributed by atoms with Crippen molar-refractivity contribution in [3.8, 4) is 0 Å². The van der Waals surface area contributed by atoms with Crippen LogP contribution in [0.3, 0.4) is 0 Å². The first-order valence-electron chi connectivity index (χ1n) is 8.32. The van der Waals surface area contributed by atoms with Crippen LogP contribution in [0.25, 0.3) is 0 Å². The lowest BCUT2D eigenvalue weighted by Crippen LogP contribution is -2.32. The van der Waals surface area contributed by atoms with Gasteiger partial charge in [0.25, 0.3) is 0 Å². The van der Waals surface area contributed by atoms with Crippen molar-refractivity contribution >= 4 is 41.3 Å². The van der Waals surface area contributed by atoms with Gasteiger partial charge in [-0.1, -0.05) is 42.5 Å². The second-order valence-corrected chi connectivity index (χ2v) is 7.51.